The largest absolute Gasteiger partial charge is 0.472 e. The standard InChI is InChI=1S/C72H140O17P2/c1-7-10-12-14-16-18-19-22-26-30-37-43-49-55-70(75)83-61-67(88-71(76)56-50-44-38-31-27-24-21-20-23-25-29-34-40-46-52-64(4)5)62-86-90(78,79)84-58-66(73)59-85-91(80,81)87-63-68(60-82-69(74)54-48-42-36-28-17-15-13-11-8-2)89-72(77)57-51-45-39-33-32-35-41-47-53-65(6)9-3/h64-68,73H,7-63H2,1-6H3,(H,78,79)(H,80,81)/t65?,66-,67-,68-/m1/s1. The Kier molecular flexibility index (Phi) is 62.7. The van der Waals surface area contributed by atoms with E-state index in [1.165, 1.54) is 186 Å². The summed E-state index contributed by atoms with van der Waals surface area (Å²) < 4.78 is 68.3. The maximum atomic E-state index is 13.0. The van der Waals surface area contributed by atoms with Gasteiger partial charge in [-0.1, -0.05) is 318 Å². The van der Waals surface area contributed by atoms with Gasteiger partial charge in [0, 0.05) is 25.7 Å². The highest BCUT2D eigenvalue weighted by Crippen LogP contribution is 2.45. The smallest absolute Gasteiger partial charge is 0.462 e. The molecule has 91 heavy (non-hydrogen) atoms. The zero-order chi connectivity index (χ0) is 67.2. The van der Waals surface area contributed by atoms with Crippen molar-refractivity contribution in [1.82, 2.24) is 0 Å². The van der Waals surface area contributed by atoms with E-state index in [9.17, 15) is 43.2 Å². The van der Waals surface area contributed by atoms with Gasteiger partial charge in [-0.2, -0.15) is 0 Å². The molecule has 0 saturated carbocycles. The lowest BCUT2D eigenvalue weighted by Crippen LogP contribution is -2.30. The van der Waals surface area contributed by atoms with E-state index in [1.807, 2.05) is 0 Å². The van der Waals surface area contributed by atoms with Gasteiger partial charge in [0.05, 0.1) is 26.4 Å². The van der Waals surface area contributed by atoms with Crippen molar-refractivity contribution in [3.8, 4) is 0 Å². The predicted octanol–water partition coefficient (Wildman–Crippen LogP) is 20.8. The summed E-state index contributed by atoms with van der Waals surface area (Å²) in [5, 5.41) is 10.6. The number of phosphoric acid groups is 2. The topological polar surface area (TPSA) is 237 Å². The van der Waals surface area contributed by atoms with Crippen LogP contribution in [-0.2, 0) is 65.4 Å². The number of carbonyl (C=O) groups is 4. The van der Waals surface area contributed by atoms with E-state index in [0.29, 0.717) is 25.7 Å². The van der Waals surface area contributed by atoms with Crippen LogP contribution < -0.4 is 0 Å². The molecule has 0 aliphatic heterocycles. The third-order valence-corrected chi connectivity index (χ3v) is 19.0. The van der Waals surface area contributed by atoms with Crippen molar-refractivity contribution >= 4 is 39.5 Å². The summed E-state index contributed by atoms with van der Waals surface area (Å²) in [4.78, 5) is 72.6. The maximum absolute atomic E-state index is 13.0. The Balaban J connectivity index is 5.24. The average molecular weight is 1340 g/mol. The molecule has 6 atom stereocenters. The zero-order valence-electron chi connectivity index (χ0n) is 59.1. The van der Waals surface area contributed by atoms with Gasteiger partial charge < -0.3 is 33.8 Å². The molecule has 0 aliphatic carbocycles. The Hall–Kier alpha value is -1.94. The van der Waals surface area contributed by atoms with Gasteiger partial charge in [-0.05, 0) is 37.5 Å². The number of rotatable bonds is 71. The van der Waals surface area contributed by atoms with Crippen molar-refractivity contribution in [2.24, 2.45) is 11.8 Å². The van der Waals surface area contributed by atoms with Gasteiger partial charge in [0.1, 0.15) is 19.3 Å². The first kappa shape index (κ1) is 89.1. The number of aliphatic hydroxyl groups is 1. The molecule has 17 nitrogen and oxygen atoms in total. The van der Waals surface area contributed by atoms with E-state index in [2.05, 4.69) is 41.5 Å². The Morgan fingerprint density at radius 3 is 0.835 bits per heavy atom. The van der Waals surface area contributed by atoms with Crippen LogP contribution >= 0.6 is 15.6 Å². The minimum Gasteiger partial charge on any atom is -0.462 e. The molecule has 19 heteroatoms. The highest BCUT2D eigenvalue weighted by molar-refractivity contribution is 7.47. The summed E-state index contributed by atoms with van der Waals surface area (Å²) in [5.41, 5.74) is 0. The van der Waals surface area contributed by atoms with Gasteiger partial charge in [-0.15, -0.1) is 0 Å². The van der Waals surface area contributed by atoms with E-state index in [1.54, 1.807) is 0 Å². The van der Waals surface area contributed by atoms with E-state index < -0.39 is 97.5 Å². The van der Waals surface area contributed by atoms with Crippen molar-refractivity contribution < 1.29 is 80.2 Å². The van der Waals surface area contributed by atoms with Gasteiger partial charge in [-0.25, -0.2) is 9.13 Å². The van der Waals surface area contributed by atoms with E-state index in [-0.39, 0.29) is 25.7 Å². The summed E-state index contributed by atoms with van der Waals surface area (Å²) in [7, 11) is -9.90. The summed E-state index contributed by atoms with van der Waals surface area (Å²) in [6.07, 6.45) is 49.8. The normalized spacial score (nSPS) is 14.4. The Morgan fingerprint density at radius 2 is 0.560 bits per heavy atom. The van der Waals surface area contributed by atoms with Gasteiger partial charge in [0.15, 0.2) is 12.2 Å². The molecular formula is C72H140O17P2. The molecule has 0 aromatic rings. The van der Waals surface area contributed by atoms with Gasteiger partial charge >= 0.3 is 39.5 Å². The lowest BCUT2D eigenvalue weighted by atomic mass is 9.99. The molecule has 0 fully saturated rings. The molecule has 3 N–H and O–H groups in total. The van der Waals surface area contributed by atoms with Crippen LogP contribution in [0.15, 0.2) is 0 Å². The second kappa shape index (κ2) is 64.1. The van der Waals surface area contributed by atoms with Gasteiger partial charge in [0.2, 0.25) is 0 Å². The predicted molar refractivity (Wildman–Crippen MR) is 368 cm³/mol. The van der Waals surface area contributed by atoms with Crippen LogP contribution in [0, 0.1) is 11.8 Å². The fraction of sp³-hybridized carbons (Fsp3) is 0.944. The maximum Gasteiger partial charge on any atom is 0.472 e. The number of phosphoric ester groups is 2. The van der Waals surface area contributed by atoms with Gasteiger partial charge in [0.25, 0.3) is 0 Å². The van der Waals surface area contributed by atoms with Crippen LogP contribution in [0.5, 0.6) is 0 Å². The first-order valence-electron chi connectivity index (χ1n) is 37.5. The van der Waals surface area contributed by atoms with Crippen molar-refractivity contribution in [3.63, 3.8) is 0 Å². The summed E-state index contributed by atoms with van der Waals surface area (Å²) in [6, 6.07) is 0. The molecule has 0 radical (unpaired) electrons. The molecule has 0 aromatic carbocycles. The lowest BCUT2D eigenvalue weighted by molar-refractivity contribution is -0.161. The first-order chi connectivity index (χ1) is 43.9. The number of unbranched alkanes of at least 4 members (excludes halogenated alkanes) is 40. The molecule has 0 aliphatic rings. The van der Waals surface area contributed by atoms with Gasteiger partial charge in [-0.3, -0.25) is 37.3 Å². The highest BCUT2D eigenvalue weighted by atomic mass is 31.2. The zero-order valence-corrected chi connectivity index (χ0v) is 60.9. The number of ether oxygens (including phenoxy) is 4. The fourth-order valence-electron chi connectivity index (χ4n) is 10.9. The molecule has 540 valence electrons. The monoisotopic (exact) mass is 1340 g/mol. The number of esters is 4. The van der Waals surface area contributed by atoms with E-state index in [4.69, 9.17) is 37.0 Å². The molecule has 0 spiro atoms. The molecule has 3 unspecified atom stereocenters. The third-order valence-electron chi connectivity index (χ3n) is 17.1. The average Bonchev–Trinajstić information content (AvgIpc) is 3.73. The van der Waals surface area contributed by atoms with Crippen molar-refractivity contribution in [2.45, 2.75) is 387 Å². The number of hydrogen-bond acceptors (Lipinski definition) is 15. The number of hydrogen-bond donors (Lipinski definition) is 3. The fourth-order valence-corrected chi connectivity index (χ4v) is 12.5. The minimum atomic E-state index is -4.95. The van der Waals surface area contributed by atoms with Crippen LogP contribution in [-0.4, -0.2) is 96.7 Å². The third kappa shape index (κ3) is 65.1. The SMILES string of the molecule is CCCCCCCCCCCCCCCC(=O)OC[C@H](COP(=O)(O)OC[C@@H](O)COP(=O)(O)OC[C@@H](COC(=O)CCCCCCCCCCC)OC(=O)CCCCCCCCCCC(C)CC)OC(=O)CCCCCCCCCCCCCCCCC(C)C. The summed E-state index contributed by atoms with van der Waals surface area (Å²) in [5.74, 6) is -0.557. The van der Waals surface area contributed by atoms with E-state index in [0.717, 1.165) is 102 Å². The van der Waals surface area contributed by atoms with Crippen LogP contribution in [0.25, 0.3) is 0 Å². The van der Waals surface area contributed by atoms with Crippen LogP contribution in [0.3, 0.4) is 0 Å². The second-order valence-electron chi connectivity index (χ2n) is 26.7. The highest BCUT2D eigenvalue weighted by Gasteiger charge is 2.30. The number of aliphatic hydroxyl groups excluding tert-OH is 1. The van der Waals surface area contributed by atoms with Crippen molar-refractivity contribution in [3.05, 3.63) is 0 Å². The Morgan fingerprint density at radius 1 is 0.319 bits per heavy atom. The van der Waals surface area contributed by atoms with Crippen LogP contribution in [0.2, 0.25) is 0 Å². The lowest BCUT2D eigenvalue weighted by Gasteiger charge is -2.21. The van der Waals surface area contributed by atoms with Crippen LogP contribution in [0.1, 0.15) is 369 Å². The molecule has 0 bridgehead atoms. The quantitative estimate of drug-likeness (QED) is 0.0222. The van der Waals surface area contributed by atoms with Crippen molar-refractivity contribution in [2.75, 3.05) is 39.6 Å². The van der Waals surface area contributed by atoms with Crippen molar-refractivity contribution in [1.29, 1.82) is 0 Å². The second-order valence-corrected chi connectivity index (χ2v) is 29.6. The Labute approximate surface area is 556 Å². The molecule has 0 saturated heterocycles. The van der Waals surface area contributed by atoms with E-state index >= 15 is 0 Å². The first-order valence-corrected chi connectivity index (χ1v) is 40.5. The number of carbonyl (C=O) groups excluding carboxylic acids is 4. The summed E-state index contributed by atoms with van der Waals surface area (Å²) in [6.45, 7) is 9.57. The summed E-state index contributed by atoms with van der Waals surface area (Å²) >= 11 is 0. The van der Waals surface area contributed by atoms with Crippen LogP contribution in [0.4, 0.5) is 0 Å². The molecule has 0 rings (SSSR count). The molecule has 0 heterocycles. The minimum absolute atomic E-state index is 0.105. The molecular weight excluding hydrogens is 1200 g/mol. The molecule has 0 amide bonds. The Bertz CT molecular complexity index is 1770. The molecule has 0 aromatic heterocycles.